The van der Waals surface area contributed by atoms with Crippen molar-refractivity contribution in [3.63, 3.8) is 0 Å². The van der Waals surface area contributed by atoms with Gasteiger partial charge in [-0.2, -0.15) is 0 Å². The molecular weight excluding hydrogens is 318 g/mol. The van der Waals surface area contributed by atoms with Gasteiger partial charge in [-0.1, -0.05) is 41.9 Å². The highest BCUT2D eigenvalue weighted by atomic mass is 35.5. The smallest absolute Gasteiger partial charge is 0.243 e. The zero-order valence-electron chi connectivity index (χ0n) is 11.7. The first kappa shape index (κ1) is 15.1. The van der Waals surface area contributed by atoms with E-state index in [2.05, 4.69) is 0 Å². The summed E-state index contributed by atoms with van der Waals surface area (Å²) in [5.74, 6) is -0.228. The molecule has 1 heterocycles. The number of halogens is 1. The summed E-state index contributed by atoms with van der Waals surface area (Å²) in [6, 6.07) is 16.9. The summed E-state index contributed by atoms with van der Waals surface area (Å²) in [5, 5.41) is 0.307. The van der Waals surface area contributed by atoms with Gasteiger partial charge < -0.3 is 0 Å². The molecule has 0 spiro atoms. The number of nitrogens with zero attached hydrogens (tertiary/aromatic N) is 1. The Hall–Kier alpha value is -1.78. The molecule has 0 radical (unpaired) electrons. The average molecular weight is 332 g/mol. The Morgan fingerprint density at radius 2 is 1.73 bits per heavy atom. The molecule has 0 bridgehead atoms. The maximum atomic E-state index is 12.4. The molecule has 2 amide bonds. The van der Waals surface area contributed by atoms with Gasteiger partial charge in [0.15, 0.2) is 0 Å². The molecule has 22 heavy (non-hydrogen) atoms. The van der Waals surface area contributed by atoms with Crippen LogP contribution in [0.25, 0.3) is 0 Å². The van der Waals surface area contributed by atoms with Crippen LogP contribution in [0.1, 0.15) is 12.0 Å². The Bertz CT molecular complexity index is 688. The highest BCUT2D eigenvalue weighted by molar-refractivity contribution is 8.00. The molecule has 0 unspecified atom stereocenters. The van der Waals surface area contributed by atoms with Crippen molar-refractivity contribution in [3.05, 3.63) is 65.2 Å². The minimum atomic E-state index is -0.350. The summed E-state index contributed by atoms with van der Waals surface area (Å²) < 4.78 is 0. The van der Waals surface area contributed by atoms with Crippen LogP contribution in [0.2, 0.25) is 5.02 Å². The highest BCUT2D eigenvalue weighted by Gasteiger charge is 2.38. The zero-order valence-corrected chi connectivity index (χ0v) is 13.3. The van der Waals surface area contributed by atoms with E-state index >= 15 is 0 Å². The molecule has 5 heteroatoms. The molecular formula is C17H14ClNO2S. The van der Waals surface area contributed by atoms with E-state index in [-0.39, 0.29) is 23.5 Å². The molecule has 0 saturated carbocycles. The van der Waals surface area contributed by atoms with Crippen LogP contribution in [0.5, 0.6) is 0 Å². The summed E-state index contributed by atoms with van der Waals surface area (Å²) in [4.78, 5) is 26.9. The van der Waals surface area contributed by atoms with Crippen molar-refractivity contribution in [1.29, 1.82) is 0 Å². The molecule has 2 aromatic rings. The molecule has 0 N–H and O–H groups in total. The molecule has 3 nitrogen and oxygen atoms in total. The quantitative estimate of drug-likeness (QED) is 0.800. The van der Waals surface area contributed by atoms with Crippen LogP contribution in [0.4, 0.5) is 0 Å². The second-order valence-electron chi connectivity index (χ2n) is 5.07. The first-order chi connectivity index (χ1) is 10.6. The fourth-order valence-electron chi connectivity index (χ4n) is 2.35. The zero-order chi connectivity index (χ0) is 15.5. The number of carbonyl (C=O) groups is 2. The van der Waals surface area contributed by atoms with Crippen molar-refractivity contribution in [1.82, 2.24) is 4.90 Å². The minimum Gasteiger partial charge on any atom is -0.277 e. The Kier molecular flexibility index (Phi) is 4.50. The fourth-order valence-corrected chi connectivity index (χ4v) is 3.56. The van der Waals surface area contributed by atoms with Crippen LogP contribution in [-0.2, 0) is 16.1 Å². The Morgan fingerprint density at radius 3 is 2.41 bits per heavy atom. The third-order valence-electron chi connectivity index (χ3n) is 3.48. The first-order valence-corrected chi connectivity index (χ1v) is 8.19. The number of imide groups is 1. The lowest BCUT2D eigenvalue weighted by atomic mass is 10.2. The SMILES string of the molecule is O=C1C[C@@H](Sc2ccc(Cl)cc2)C(=O)N1Cc1ccccc1. The number of benzene rings is 2. The van der Waals surface area contributed by atoms with Gasteiger partial charge in [0, 0.05) is 16.3 Å². The maximum Gasteiger partial charge on any atom is 0.243 e. The molecule has 1 aliphatic heterocycles. The van der Waals surface area contributed by atoms with Gasteiger partial charge in [0.1, 0.15) is 0 Å². The van der Waals surface area contributed by atoms with Crippen LogP contribution in [-0.4, -0.2) is 22.0 Å². The van der Waals surface area contributed by atoms with Gasteiger partial charge in [-0.3, -0.25) is 14.5 Å². The number of amides is 2. The predicted octanol–water partition coefficient (Wildman–Crippen LogP) is 3.76. The third-order valence-corrected chi connectivity index (χ3v) is 4.93. The maximum absolute atomic E-state index is 12.4. The van der Waals surface area contributed by atoms with E-state index in [1.54, 1.807) is 12.1 Å². The summed E-state index contributed by atoms with van der Waals surface area (Å²) in [7, 11) is 0. The van der Waals surface area contributed by atoms with Gasteiger partial charge in [-0.05, 0) is 29.8 Å². The van der Waals surface area contributed by atoms with Gasteiger partial charge >= 0.3 is 0 Å². The second kappa shape index (κ2) is 6.55. The summed E-state index contributed by atoms with van der Waals surface area (Å²) >= 11 is 7.27. The molecule has 1 saturated heterocycles. The standard InChI is InChI=1S/C17H14ClNO2S/c18-13-6-8-14(9-7-13)22-15-10-16(20)19(17(15)21)11-12-4-2-1-3-5-12/h1-9,15H,10-11H2/t15-/m1/s1. The van der Waals surface area contributed by atoms with Gasteiger partial charge in [-0.15, -0.1) is 11.8 Å². The van der Waals surface area contributed by atoms with Crippen LogP contribution in [0.15, 0.2) is 59.5 Å². The van der Waals surface area contributed by atoms with E-state index in [1.165, 1.54) is 16.7 Å². The topological polar surface area (TPSA) is 37.4 Å². The van der Waals surface area contributed by atoms with Crippen LogP contribution >= 0.6 is 23.4 Å². The van der Waals surface area contributed by atoms with Crippen molar-refractivity contribution in [2.75, 3.05) is 0 Å². The second-order valence-corrected chi connectivity index (χ2v) is 6.78. The van der Waals surface area contributed by atoms with E-state index < -0.39 is 0 Å². The molecule has 0 aliphatic carbocycles. The lowest BCUT2D eigenvalue weighted by Gasteiger charge is -2.14. The van der Waals surface area contributed by atoms with Crippen molar-refractivity contribution in [2.45, 2.75) is 23.1 Å². The van der Waals surface area contributed by atoms with Crippen molar-refractivity contribution in [3.8, 4) is 0 Å². The van der Waals surface area contributed by atoms with E-state index in [0.29, 0.717) is 11.6 Å². The number of hydrogen-bond donors (Lipinski definition) is 0. The molecule has 112 valence electrons. The van der Waals surface area contributed by atoms with Gasteiger partial charge in [0.2, 0.25) is 11.8 Å². The number of hydrogen-bond acceptors (Lipinski definition) is 3. The van der Waals surface area contributed by atoms with E-state index in [4.69, 9.17) is 11.6 Å². The highest BCUT2D eigenvalue weighted by Crippen LogP contribution is 2.32. The third kappa shape index (κ3) is 3.34. The monoisotopic (exact) mass is 331 g/mol. The summed E-state index contributed by atoms with van der Waals surface area (Å²) in [6.45, 7) is 0.343. The minimum absolute atomic E-state index is 0.111. The van der Waals surface area contributed by atoms with Gasteiger partial charge in [0.25, 0.3) is 0 Å². The number of likely N-dealkylation sites (tertiary alicyclic amines) is 1. The van der Waals surface area contributed by atoms with Crippen LogP contribution < -0.4 is 0 Å². The van der Waals surface area contributed by atoms with E-state index in [9.17, 15) is 9.59 Å². The molecule has 0 aromatic heterocycles. The van der Waals surface area contributed by atoms with Crippen molar-refractivity contribution >= 4 is 35.2 Å². The fraction of sp³-hybridized carbons (Fsp3) is 0.176. The molecule has 1 aliphatic rings. The number of rotatable bonds is 4. The predicted molar refractivity (Wildman–Crippen MR) is 87.7 cm³/mol. The largest absolute Gasteiger partial charge is 0.277 e. The lowest BCUT2D eigenvalue weighted by molar-refractivity contribution is -0.138. The van der Waals surface area contributed by atoms with Gasteiger partial charge in [-0.25, -0.2) is 0 Å². The van der Waals surface area contributed by atoms with Gasteiger partial charge in [0.05, 0.1) is 11.8 Å². The Labute approximate surface area is 138 Å². The Morgan fingerprint density at radius 1 is 1.05 bits per heavy atom. The molecule has 1 atom stereocenters. The number of carbonyl (C=O) groups excluding carboxylic acids is 2. The normalized spacial score (nSPS) is 18.0. The lowest BCUT2D eigenvalue weighted by Crippen LogP contribution is -2.30. The van der Waals surface area contributed by atoms with Crippen LogP contribution in [0.3, 0.4) is 0 Å². The molecule has 3 rings (SSSR count). The number of thioether (sulfide) groups is 1. The van der Waals surface area contributed by atoms with E-state index in [1.807, 2.05) is 42.5 Å². The molecule has 2 aromatic carbocycles. The van der Waals surface area contributed by atoms with E-state index in [0.717, 1.165) is 10.5 Å². The first-order valence-electron chi connectivity index (χ1n) is 6.94. The Balaban J connectivity index is 1.70. The van der Waals surface area contributed by atoms with Crippen LogP contribution in [0, 0.1) is 0 Å². The van der Waals surface area contributed by atoms with Crippen molar-refractivity contribution in [2.24, 2.45) is 0 Å². The average Bonchev–Trinajstić information content (AvgIpc) is 2.78. The summed E-state index contributed by atoms with van der Waals surface area (Å²) in [6.07, 6.45) is 0.249. The molecule has 1 fully saturated rings. The summed E-state index contributed by atoms with van der Waals surface area (Å²) in [5.41, 5.74) is 0.960. The van der Waals surface area contributed by atoms with Crippen molar-refractivity contribution < 1.29 is 9.59 Å².